The zero-order valence-electron chi connectivity index (χ0n) is 17.4. The maximum absolute atomic E-state index is 13.2. The Hall–Kier alpha value is -2.26. The van der Waals surface area contributed by atoms with E-state index in [1.54, 1.807) is 10.9 Å². The summed E-state index contributed by atoms with van der Waals surface area (Å²) < 4.78 is 1.75. The second-order valence-electron chi connectivity index (χ2n) is 7.76. The number of carbonyl (C=O) groups is 1. The van der Waals surface area contributed by atoms with Crippen molar-refractivity contribution in [2.45, 2.75) is 19.4 Å². The molecule has 0 aliphatic carbocycles. The molecule has 10 heteroatoms. The number of benzene rings is 1. The molecule has 4 heterocycles. The van der Waals surface area contributed by atoms with E-state index in [4.69, 9.17) is 0 Å². The lowest BCUT2D eigenvalue weighted by atomic mass is 10.1. The topological polar surface area (TPSA) is 79.2 Å². The fourth-order valence-electron chi connectivity index (χ4n) is 4.45. The first-order valence-electron chi connectivity index (χ1n) is 10.2. The average Bonchev–Trinajstić information content (AvgIpc) is 3.41. The number of halogens is 2. The van der Waals surface area contributed by atoms with Gasteiger partial charge in [-0.2, -0.15) is 0 Å². The minimum Gasteiger partial charge on any atom is -0.336 e. The number of hydrogen-bond donors (Lipinski definition) is 1. The SMILES string of the molecule is Cc1c(C(=O)N2CCC(N3CCNCC3)C2)nnn1-c1cccc2ncccc12.Cl.Cl. The molecule has 2 aliphatic rings. The summed E-state index contributed by atoms with van der Waals surface area (Å²) in [6.45, 7) is 7.61. The Morgan fingerprint density at radius 1 is 1.10 bits per heavy atom. The quantitative estimate of drug-likeness (QED) is 0.640. The number of carbonyl (C=O) groups excluding carboxylic acids is 1. The molecule has 2 fully saturated rings. The maximum atomic E-state index is 13.2. The number of aromatic nitrogens is 4. The molecule has 31 heavy (non-hydrogen) atoms. The molecule has 5 rings (SSSR count). The first-order valence-corrected chi connectivity index (χ1v) is 10.2. The van der Waals surface area contributed by atoms with Gasteiger partial charge in [0.15, 0.2) is 5.69 Å². The Morgan fingerprint density at radius 3 is 2.71 bits per heavy atom. The number of piperazine rings is 1. The molecule has 1 atom stereocenters. The van der Waals surface area contributed by atoms with Crippen LogP contribution in [0, 0.1) is 6.92 Å². The number of nitrogens with one attached hydrogen (secondary N) is 1. The maximum Gasteiger partial charge on any atom is 0.276 e. The van der Waals surface area contributed by atoms with E-state index in [9.17, 15) is 4.79 Å². The smallest absolute Gasteiger partial charge is 0.276 e. The lowest BCUT2D eigenvalue weighted by Crippen LogP contribution is -2.49. The molecule has 2 saturated heterocycles. The van der Waals surface area contributed by atoms with Gasteiger partial charge in [-0.1, -0.05) is 11.3 Å². The van der Waals surface area contributed by atoms with E-state index < -0.39 is 0 Å². The molecule has 1 aromatic carbocycles. The molecule has 0 saturated carbocycles. The molecule has 8 nitrogen and oxygen atoms in total. The number of fused-ring (bicyclic) bond motifs is 1. The van der Waals surface area contributed by atoms with E-state index in [-0.39, 0.29) is 30.7 Å². The zero-order valence-corrected chi connectivity index (χ0v) is 19.0. The molecular formula is C21H27Cl2N7O. The fraction of sp³-hybridized carbons (Fsp3) is 0.429. The standard InChI is InChI=1S/C21H25N7O.2ClH/c1-15-20(21(29)27-11-7-16(14-27)26-12-9-22-10-13-26)24-25-28(15)19-6-2-5-18-17(19)4-3-8-23-18;;/h2-6,8,16,22H,7,9-14H2,1H3;2*1H. The van der Waals surface area contributed by atoms with Crippen LogP contribution in [-0.4, -0.2) is 81.0 Å². The van der Waals surface area contributed by atoms with Crippen LogP contribution in [0.2, 0.25) is 0 Å². The highest BCUT2D eigenvalue weighted by atomic mass is 35.5. The Labute approximate surface area is 193 Å². The van der Waals surface area contributed by atoms with Gasteiger partial charge >= 0.3 is 0 Å². The summed E-state index contributed by atoms with van der Waals surface area (Å²) in [5.74, 6) is -0.0234. The summed E-state index contributed by atoms with van der Waals surface area (Å²) in [4.78, 5) is 22.0. The summed E-state index contributed by atoms with van der Waals surface area (Å²) in [5.41, 5.74) is 2.98. The van der Waals surface area contributed by atoms with Gasteiger partial charge in [0.05, 0.1) is 16.9 Å². The normalized spacial score (nSPS) is 19.1. The third kappa shape index (κ3) is 4.39. The van der Waals surface area contributed by atoms with Crippen molar-refractivity contribution in [3.05, 3.63) is 47.9 Å². The Balaban J connectivity index is 0.00000136. The highest BCUT2D eigenvalue weighted by Crippen LogP contribution is 2.23. The molecule has 0 bridgehead atoms. The average molecular weight is 464 g/mol. The van der Waals surface area contributed by atoms with Crippen molar-refractivity contribution in [1.29, 1.82) is 0 Å². The van der Waals surface area contributed by atoms with E-state index in [2.05, 4.69) is 25.5 Å². The first-order chi connectivity index (χ1) is 14.2. The molecule has 166 valence electrons. The minimum atomic E-state index is -0.0234. The molecule has 0 spiro atoms. The van der Waals surface area contributed by atoms with Crippen LogP contribution in [0.1, 0.15) is 22.6 Å². The van der Waals surface area contributed by atoms with E-state index in [1.165, 1.54) is 0 Å². The van der Waals surface area contributed by atoms with Gasteiger partial charge in [0, 0.05) is 56.9 Å². The summed E-state index contributed by atoms with van der Waals surface area (Å²) >= 11 is 0. The Morgan fingerprint density at radius 2 is 1.90 bits per heavy atom. The van der Waals surface area contributed by atoms with E-state index in [0.717, 1.165) is 68.0 Å². The molecule has 1 N–H and O–H groups in total. The van der Waals surface area contributed by atoms with Crippen molar-refractivity contribution in [1.82, 2.24) is 35.1 Å². The van der Waals surface area contributed by atoms with E-state index in [1.807, 2.05) is 42.2 Å². The number of likely N-dealkylation sites (tertiary alicyclic amines) is 1. The molecule has 2 aliphatic heterocycles. The molecule has 3 aromatic rings. The van der Waals surface area contributed by atoms with Crippen molar-refractivity contribution >= 4 is 41.6 Å². The van der Waals surface area contributed by atoms with Crippen LogP contribution in [0.3, 0.4) is 0 Å². The fourth-order valence-corrected chi connectivity index (χ4v) is 4.45. The van der Waals surface area contributed by atoms with Crippen molar-refractivity contribution in [3.63, 3.8) is 0 Å². The Bertz CT molecular complexity index is 1050. The molecule has 2 aromatic heterocycles. The number of pyridine rings is 1. The monoisotopic (exact) mass is 463 g/mol. The van der Waals surface area contributed by atoms with Crippen molar-refractivity contribution in [3.8, 4) is 5.69 Å². The largest absolute Gasteiger partial charge is 0.336 e. The molecular weight excluding hydrogens is 437 g/mol. The van der Waals surface area contributed by atoms with Gasteiger partial charge in [0.25, 0.3) is 5.91 Å². The number of rotatable bonds is 3. The summed E-state index contributed by atoms with van der Waals surface area (Å²) in [6, 6.07) is 10.3. The van der Waals surface area contributed by atoms with Crippen LogP contribution in [-0.2, 0) is 0 Å². The van der Waals surface area contributed by atoms with Crippen molar-refractivity contribution in [2.75, 3.05) is 39.3 Å². The van der Waals surface area contributed by atoms with Gasteiger partial charge in [-0.25, -0.2) is 4.68 Å². The van der Waals surface area contributed by atoms with E-state index in [0.29, 0.717) is 11.7 Å². The second kappa shape index (κ2) is 9.91. The van der Waals surface area contributed by atoms with Gasteiger partial charge < -0.3 is 10.2 Å². The highest BCUT2D eigenvalue weighted by molar-refractivity contribution is 5.94. The van der Waals surface area contributed by atoms with E-state index >= 15 is 0 Å². The predicted octanol–water partition coefficient (Wildman–Crippen LogP) is 2.09. The third-order valence-corrected chi connectivity index (χ3v) is 6.07. The van der Waals surface area contributed by atoms with Crippen LogP contribution < -0.4 is 5.32 Å². The van der Waals surface area contributed by atoms with Crippen LogP contribution in [0.25, 0.3) is 16.6 Å². The summed E-state index contributed by atoms with van der Waals surface area (Å²) in [5, 5.41) is 12.9. The molecule has 1 amide bonds. The minimum absolute atomic E-state index is 0. The van der Waals surface area contributed by atoms with Gasteiger partial charge in [-0.15, -0.1) is 29.9 Å². The zero-order chi connectivity index (χ0) is 19.8. The first kappa shape index (κ1) is 23.4. The van der Waals surface area contributed by atoms with Gasteiger partial charge in [0.2, 0.25) is 0 Å². The van der Waals surface area contributed by atoms with Crippen LogP contribution in [0.15, 0.2) is 36.5 Å². The second-order valence-corrected chi connectivity index (χ2v) is 7.76. The number of hydrogen-bond acceptors (Lipinski definition) is 6. The van der Waals surface area contributed by atoms with Crippen LogP contribution in [0.4, 0.5) is 0 Å². The van der Waals surface area contributed by atoms with Crippen LogP contribution >= 0.6 is 24.8 Å². The Kier molecular flexibility index (Phi) is 7.48. The van der Waals surface area contributed by atoms with Crippen molar-refractivity contribution in [2.24, 2.45) is 0 Å². The van der Waals surface area contributed by atoms with Crippen molar-refractivity contribution < 1.29 is 4.79 Å². The van der Waals surface area contributed by atoms with Crippen LogP contribution in [0.5, 0.6) is 0 Å². The lowest BCUT2D eigenvalue weighted by Gasteiger charge is -2.32. The third-order valence-electron chi connectivity index (χ3n) is 6.07. The van der Waals surface area contributed by atoms with Gasteiger partial charge in [-0.05, 0) is 37.6 Å². The van der Waals surface area contributed by atoms with Gasteiger partial charge in [0.1, 0.15) is 0 Å². The lowest BCUT2D eigenvalue weighted by molar-refractivity contribution is 0.0767. The predicted molar refractivity (Wildman–Crippen MR) is 125 cm³/mol. The number of nitrogens with zero attached hydrogens (tertiary/aromatic N) is 6. The number of amides is 1. The highest BCUT2D eigenvalue weighted by Gasteiger charge is 2.33. The summed E-state index contributed by atoms with van der Waals surface area (Å²) in [7, 11) is 0. The summed E-state index contributed by atoms with van der Waals surface area (Å²) in [6.07, 6.45) is 2.80. The van der Waals surface area contributed by atoms with Gasteiger partial charge in [-0.3, -0.25) is 14.7 Å². The molecule has 0 radical (unpaired) electrons. The molecule has 1 unspecified atom stereocenters.